The van der Waals surface area contributed by atoms with Crippen molar-refractivity contribution in [3.05, 3.63) is 34.7 Å². The predicted molar refractivity (Wildman–Crippen MR) is 78.8 cm³/mol. The van der Waals surface area contributed by atoms with E-state index in [4.69, 9.17) is 9.72 Å². The standard InChI is InChI=1S/C15H18N2OS/c1-18-13-6-4-11(5-7-13)14-10-19-15(17-14)9-12-3-2-8-16-12/h4-7,10,12,16H,2-3,8-9H2,1H3. The Morgan fingerprint density at radius 2 is 2.21 bits per heavy atom. The van der Waals surface area contributed by atoms with Crippen LogP contribution in [0.5, 0.6) is 5.75 Å². The number of ether oxygens (including phenoxy) is 1. The molecule has 1 atom stereocenters. The van der Waals surface area contributed by atoms with E-state index in [1.165, 1.54) is 17.8 Å². The van der Waals surface area contributed by atoms with E-state index in [-0.39, 0.29) is 0 Å². The van der Waals surface area contributed by atoms with Gasteiger partial charge in [0.25, 0.3) is 0 Å². The number of thiazole rings is 1. The molecule has 3 rings (SSSR count). The molecular formula is C15H18N2OS. The maximum atomic E-state index is 5.17. The fourth-order valence-electron chi connectivity index (χ4n) is 2.44. The van der Waals surface area contributed by atoms with Crippen molar-refractivity contribution in [3.8, 4) is 17.0 Å². The maximum absolute atomic E-state index is 5.17. The third-order valence-corrected chi connectivity index (χ3v) is 4.39. The minimum absolute atomic E-state index is 0.620. The van der Waals surface area contributed by atoms with E-state index in [0.717, 1.165) is 30.0 Å². The molecule has 3 nitrogen and oxygen atoms in total. The quantitative estimate of drug-likeness (QED) is 0.930. The Labute approximate surface area is 117 Å². The number of rotatable bonds is 4. The van der Waals surface area contributed by atoms with Gasteiger partial charge in [0.15, 0.2) is 0 Å². The summed E-state index contributed by atoms with van der Waals surface area (Å²) in [6.45, 7) is 1.15. The van der Waals surface area contributed by atoms with Crippen molar-refractivity contribution in [2.45, 2.75) is 25.3 Å². The first-order valence-electron chi connectivity index (χ1n) is 6.67. The smallest absolute Gasteiger partial charge is 0.118 e. The molecule has 19 heavy (non-hydrogen) atoms. The van der Waals surface area contributed by atoms with Crippen molar-refractivity contribution in [1.82, 2.24) is 10.3 Å². The van der Waals surface area contributed by atoms with Gasteiger partial charge in [-0.15, -0.1) is 11.3 Å². The average molecular weight is 274 g/mol. The van der Waals surface area contributed by atoms with Crippen LogP contribution in [0, 0.1) is 0 Å². The molecule has 1 N–H and O–H groups in total. The SMILES string of the molecule is COc1ccc(-c2csc(CC3CCCN3)n2)cc1. The molecule has 0 saturated carbocycles. The van der Waals surface area contributed by atoms with E-state index in [9.17, 15) is 0 Å². The highest BCUT2D eigenvalue weighted by atomic mass is 32.1. The lowest BCUT2D eigenvalue weighted by atomic mass is 10.1. The minimum atomic E-state index is 0.620. The summed E-state index contributed by atoms with van der Waals surface area (Å²) in [5.41, 5.74) is 2.23. The van der Waals surface area contributed by atoms with Crippen LogP contribution in [-0.4, -0.2) is 24.7 Å². The van der Waals surface area contributed by atoms with Gasteiger partial charge in [-0.05, 0) is 43.7 Å². The summed E-state index contributed by atoms with van der Waals surface area (Å²) in [6, 6.07) is 8.70. The van der Waals surface area contributed by atoms with Crippen molar-refractivity contribution in [2.75, 3.05) is 13.7 Å². The number of hydrogen-bond donors (Lipinski definition) is 1. The molecule has 1 aromatic heterocycles. The molecule has 4 heteroatoms. The second-order valence-electron chi connectivity index (χ2n) is 4.85. The lowest BCUT2D eigenvalue weighted by molar-refractivity contribution is 0.415. The average Bonchev–Trinajstić information content (AvgIpc) is 3.11. The van der Waals surface area contributed by atoms with Crippen molar-refractivity contribution in [3.63, 3.8) is 0 Å². The number of hydrogen-bond acceptors (Lipinski definition) is 4. The summed E-state index contributed by atoms with van der Waals surface area (Å²) in [7, 11) is 1.69. The largest absolute Gasteiger partial charge is 0.497 e. The highest BCUT2D eigenvalue weighted by Gasteiger charge is 2.16. The van der Waals surface area contributed by atoms with E-state index in [2.05, 4.69) is 22.8 Å². The van der Waals surface area contributed by atoms with Crippen LogP contribution in [-0.2, 0) is 6.42 Å². The van der Waals surface area contributed by atoms with Crippen molar-refractivity contribution >= 4 is 11.3 Å². The topological polar surface area (TPSA) is 34.1 Å². The molecule has 1 aliphatic heterocycles. The number of nitrogens with zero attached hydrogens (tertiary/aromatic N) is 1. The third kappa shape index (κ3) is 2.96. The predicted octanol–water partition coefficient (Wildman–Crippen LogP) is 3.11. The Kier molecular flexibility index (Phi) is 3.80. The molecule has 1 saturated heterocycles. The molecule has 2 heterocycles. The Hall–Kier alpha value is -1.39. The van der Waals surface area contributed by atoms with Crippen LogP contribution in [0.15, 0.2) is 29.6 Å². The molecule has 0 amide bonds. The van der Waals surface area contributed by atoms with E-state index in [1.807, 2.05) is 12.1 Å². The summed E-state index contributed by atoms with van der Waals surface area (Å²) >= 11 is 1.76. The number of nitrogens with one attached hydrogen (secondary N) is 1. The zero-order chi connectivity index (χ0) is 13.1. The van der Waals surface area contributed by atoms with Crippen LogP contribution in [0.4, 0.5) is 0 Å². The van der Waals surface area contributed by atoms with Gasteiger partial charge in [-0.2, -0.15) is 0 Å². The number of methoxy groups -OCH3 is 1. The highest BCUT2D eigenvalue weighted by Crippen LogP contribution is 2.25. The Morgan fingerprint density at radius 1 is 1.37 bits per heavy atom. The lowest BCUT2D eigenvalue weighted by Gasteiger charge is -2.06. The zero-order valence-electron chi connectivity index (χ0n) is 11.1. The molecule has 2 aromatic rings. The van der Waals surface area contributed by atoms with Crippen LogP contribution >= 0.6 is 11.3 Å². The van der Waals surface area contributed by atoms with Crippen molar-refractivity contribution < 1.29 is 4.74 Å². The Bertz CT molecular complexity index is 529. The molecule has 0 radical (unpaired) electrons. The first-order chi connectivity index (χ1) is 9.35. The van der Waals surface area contributed by atoms with Crippen LogP contribution in [0.25, 0.3) is 11.3 Å². The van der Waals surface area contributed by atoms with Crippen molar-refractivity contribution in [2.24, 2.45) is 0 Å². The maximum Gasteiger partial charge on any atom is 0.118 e. The van der Waals surface area contributed by atoms with E-state index in [0.29, 0.717) is 6.04 Å². The molecule has 0 bridgehead atoms. The molecule has 1 aromatic carbocycles. The normalized spacial score (nSPS) is 18.7. The van der Waals surface area contributed by atoms with Crippen LogP contribution in [0.3, 0.4) is 0 Å². The number of benzene rings is 1. The van der Waals surface area contributed by atoms with Gasteiger partial charge in [0.1, 0.15) is 5.75 Å². The molecule has 0 aliphatic carbocycles. The highest BCUT2D eigenvalue weighted by molar-refractivity contribution is 7.09. The van der Waals surface area contributed by atoms with Gasteiger partial charge >= 0.3 is 0 Å². The lowest BCUT2D eigenvalue weighted by Crippen LogP contribution is -2.23. The monoisotopic (exact) mass is 274 g/mol. The van der Waals surface area contributed by atoms with Crippen LogP contribution in [0.2, 0.25) is 0 Å². The number of aromatic nitrogens is 1. The van der Waals surface area contributed by atoms with E-state index >= 15 is 0 Å². The van der Waals surface area contributed by atoms with Gasteiger partial charge in [0.2, 0.25) is 0 Å². The summed E-state index contributed by atoms with van der Waals surface area (Å²) < 4.78 is 5.17. The molecule has 1 fully saturated rings. The Balaban J connectivity index is 1.72. The van der Waals surface area contributed by atoms with E-state index in [1.54, 1.807) is 18.4 Å². The molecule has 0 spiro atoms. The first kappa shape index (κ1) is 12.6. The zero-order valence-corrected chi connectivity index (χ0v) is 11.9. The summed E-state index contributed by atoms with van der Waals surface area (Å²) in [6.07, 6.45) is 3.62. The summed E-state index contributed by atoms with van der Waals surface area (Å²) in [5.74, 6) is 0.884. The summed E-state index contributed by atoms with van der Waals surface area (Å²) in [4.78, 5) is 4.74. The van der Waals surface area contributed by atoms with E-state index < -0.39 is 0 Å². The second-order valence-corrected chi connectivity index (χ2v) is 5.80. The second kappa shape index (κ2) is 5.72. The van der Waals surface area contributed by atoms with Gasteiger partial charge in [0.05, 0.1) is 17.8 Å². The fourth-order valence-corrected chi connectivity index (χ4v) is 3.33. The van der Waals surface area contributed by atoms with Gasteiger partial charge in [-0.25, -0.2) is 4.98 Å². The molecular weight excluding hydrogens is 256 g/mol. The fraction of sp³-hybridized carbons (Fsp3) is 0.400. The van der Waals surface area contributed by atoms with Crippen LogP contribution in [0.1, 0.15) is 17.8 Å². The van der Waals surface area contributed by atoms with Gasteiger partial charge in [0, 0.05) is 23.4 Å². The Morgan fingerprint density at radius 3 is 2.89 bits per heavy atom. The minimum Gasteiger partial charge on any atom is -0.497 e. The van der Waals surface area contributed by atoms with Gasteiger partial charge < -0.3 is 10.1 Å². The van der Waals surface area contributed by atoms with Crippen molar-refractivity contribution in [1.29, 1.82) is 0 Å². The van der Waals surface area contributed by atoms with Crippen LogP contribution < -0.4 is 10.1 Å². The van der Waals surface area contributed by atoms with Gasteiger partial charge in [-0.3, -0.25) is 0 Å². The third-order valence-electron chi connectivity index (χ3n) is 3.52. The molecule has 1 aliphatic rings. The summed E-state index contributed by atoms with van der Waals surface area (Å²) in [5, 5.41) is 6.89. The molecule has 100 valence electrons. The van der Waals surface area contributed by atoms with Gasteiger partial charge in [-0.1, -0.05) is 0 Å². The first-order valence-corrected chi connectivity index (χ1v) is 7.55. The molecule has 1 unspecified atom stereocenters.